The van der Waals surface area contributed by atoms with Crippen LogP contribution in [0.5, 0.6) is 0 Å². The molecule has 1 N–H and O–H groups in total. The van der Waals surface area contributed by atoms with Gasteiger partial charge in [0, 0.05) is 18.2 Å². The monoisotopic (exact) mass is 149 g/mol. The summed E-state index contributed by atoms with van der Waals surface area (Å²) in [6.45, 7) is 5.99. The van der Waals surface area contributed by atoms with Gasteiger partial charge in [0.05, 0.1) is 0 Å². The molecule has 0 aliphatic heterocycles. The molecule has 0 saturated carbocycles. The van der Waals surface area contributed by atoms with E-state index in [0.717, 1.165) is 6.42 Å². The van der Waals surface area contributed by atoms with Crippen LogP contribution < -0.4 is 5.32 Å². The Hall–Kier alpha value is -0.980. The molecule has 0 saturated heterocycles. The summed E-state index contributed by atoms with van der Waals surface area (Å²) in [5, 5.41) is 3.11. The van der Waals surface area contributed by atoms with Crippen molar-refractivity contribution in [1.29, 1.82) is 0 Å². The van der Waals surface area contributed by atoms with Gasteiger partial charge in [-0.2, -0.15) is 0 Å². The van der Waals surface area contributed by atoms with Gasteiger partial charge in [-0.3, -0.25) is 0 Å². The highest BCUT2D eigenvalue weighted by molar-refractivity contribution is 5.27. The molecule has 0 amide bonds. The van der Waals surface area contributed by atoms with E-state index in [9.17, 15) is 0 Å². The normalized spacial score (nSPS) is 29.5. The van der Waals surface area contributed by atoms with Gasteiger partial charge < -0.3 is 5.32 Å². The maximum Gasteiger partial charge on any atom is 0.0294 e. The summed E-state index contributed by atoms with van der Waals surface area (Å²) < 4.78 is 0. The quantitative estimate of drug-likeness (QED) is 0.594. The van der Waals surface area contributed by atoms with Gasteiger partial charge in [-0.25, -0.2) is 0 Å². The highest BCUT2D eigenvalue weighted by atomic mass is 14.8. The maximum absolute atomic E-state index is 3.81. The first-order valence-electron chi connectivity index (χ1n) is 3.91. The van der Waals surface area contributed by atoms with E-state index in [2.05, 4.69) is 37.0 Å². The molecule has 0 aromatic heterocycles. The van der Waals surface area contributed by atoms with E-state index in [-0.39, 0.29) is 5.41 Å². The van der Waals surface area contributed by atoms with Gasteiger partial charge in [0.15, 0.2) is 0 Å². The summed E-state index contributed by atoms with van der Waals surface area (Å²) in [7, 11) is 1.94. The van der Waals surface area contributed by atoms with Gasteiger partial charge in [-0.15, -0.1) is 6.58 Å². The number of hydrogen-bond donors (Lipinski definition) is 1. The number of allylic oxidation sites excluding steroid dienone is 4. The third kappa shape index (κ3) is 1.73. The molecule has 0 spiro atoms. The van der Waals surface area contributed by atoms with E-state index in [4.69, 9.17) is 0 Å². The summed E-state index contributed by atoms with van der Waals surface area (Å²) in [5.41, 5.74) is 1.37. The highest BCUT2D eigenvalue weighted by Crippen LogP contribution is 2.29. The van der Waals surface area contributed by atoms with Crippen molar-refractivity contribution in [3.63, 3.8) is 0 Å². The second kappa shape index (κ2) is 2.95. The van der Waals surface area contributed by atoms with Crippen LogP contribution in [0.3, 0.4) is 0 Å². The first-order chi connectivity index (χ1) is 5.20. The molecule has 1 aliphatic carbocycles. The van der Waals surface area contributed by atoms with Crippen LogP contribution in [-0.4, -0.2) is 7.05 Å². The molecular formula is C10H15N. The topological polar surface area (TPSA) is 12.0 Å². The second-order valence-corrected chi connectivity index (χ2v) is 3.16. The van der Waals surface area contributed by atoms with Gasteiger partial charge in [0.2, 0.25) is 0 Å². The third-order valence-electron chi connectivity index (χ3n) is 2.16. The third-order valence-corrected chi connectivity index (χ3v) is 2.16. The molecule has 1 heteroatoms. The molecule has 0 aromatic rings. The van der Waals surface area contributed by atoms with Crippen molar-refractivity contribution in [2.45, 2.75) is 13.3 Å². The molecule has 1 rings (SSSR count). The van der Waals surface area contributed by atoms with Crippen LogP contribution >= 0.6 is 0 Å². The minimum absolute atomic E-state index is 0.167. The SMILES string of the molecule is C=CC1(C)C=CC(NC)=CC1. The predicted octanol–water partition coefficient (Wildman–Crippen LogP) is 2.24. The van der Waals surface area contributed by atoms with Gasteiger partial charge in [-0.1, -0.05) is 25.2 Å². The van der Waals surface area contributed by atoms with Crippen molar-refractivity contribution in [3.8, 4) is 0 Å². The van der Waals surface area contributed by atoms with Gasteiger partial charge >= 0.3 is 0 Å². The smallest absolute Gasteiger partial charge is 0.0294 e. The lowest BCUT2D eigenvalue weighted by Crippen LogP contribution is -2.14. The second-order valence-electron chi connectivity index (χ2n) is 3.16. The Kier molecular flexibility index (Phi) is 2.18. The molecule has 1 atom stereocenters. The molecular weight excluding hydrogens is 134 g/mol. The summed E-state index contributed by atoms with van der Waals surface area (Å²) in [4.78, 5) is 0. The molecule has 1 nitrogen and oxygen atoms in total. The van der Waals surface area contributed by atoms with Crippen LogP contribution in [0, 0.1) is 5.41 Å². The first kappa shape index (κ1) is 8.12. The average Bonchev–Trinajstić information content (AvgIpc) is 2.06. The van der Waals surface area contributed by atoms with Crippen molar-refractivity contribution in [1.82, 2.24) is 5.32 Å². The highest BCUT2D eigenvalue weighted by Gasteiger charge is 2.17. The lowest BCUT2D eigenvalue weighted by Gasteiger charge is -2.23. The fourth-order valence-electron chi connectivity index (χ4n) is 1.08. The van der Waals surface area contributed by atoms with Gasteiger partial charge in [-0.05, 0) is 12.5 Å². The minimum Gasteiger partial charge on any atom is -0.388 e. The molecule has 11 heavy (non-hydrogen) atoms. The lowest BCUT2D eigenvalue weighted by molar-refractivity contribution is 0.552. The van der Waals surface area contributed by atoms with Crippen molar-refractivity contribution in [2.75, 3.05) is 7.05 Å². The van der Waals surface area contributed by atoms with Crippen molar-refractivity contribution >= 4 is 0 Å². The van der Waals surface area contributed by atoms with Crippen molar-refractivity contribution in [3.05, 3.63) is 36.6 Å². The Morgan fingerprint density at radius 3 is 2.82 bits per heavy atom. The van der Waals surface area contributed by atoms with Gasteiger partial charge in [0.1, 0.15) is 0 Å². The van der Waals surface area contributed by atoms with Crippen LogP contribution in [0.4, 0.5) is 0 Å². The van der Waals surface area contributed by atoms with Crippen LogP contribution in [0.1, 0.15) is 13.3 Å². The summed E-state index contributed by atoms with van der Waals surface area (Å²) in [6, 6.07) is 0. The fourth-order valence-corrected chi connectivity index (χ4v) is 1.08. The van der Waals surface area contributed by atoms with Gasteiger partial charge in [0.25, 0.3) is 0 Å². The van der Waals surface area contributed by atoms with E-state index < -0.39 is 0 Å². The molecule has 0 bridgehead atoms. The summed E-state index contributed by atoms with van der Waals surface area (Å²) in [6.07, 6.45) is 9.52. The molecule has 1 unspecified atom stereocenters. The molecule has 0 heterocycles. The van der Waals surface area contributed by atoms with E-state index in [0.29, 0.717) is 0 Å². The molecule has 0 radical (unpaired) electrons. The molecule has 0 aromatic carbocycles. The average molecular weight is 149 g/mol. The summed E-state index contributed by atoms with van der Waals surface area (Å²) >= 11 is 0. The zero-order valence-corrected chi connectivity index (χ0v) is 7.22. The lowest BCUT2D eigenvalue weighted by atomic mass is 9.83. The van der Waals surface area contributed by atoms with Crippen molar-refractivity contribution in [2.24, 2.45) is 5.41 Å². The fraction of sp³-hybridized carbons (Fsp3) is 0.400. The number of likely N-dealkylation sites (N-methyl/N-ethyl adjacent to an activating group) is 1. The number of nitrogens with one attached hydrogen (secondary N) is 1. The standard InChI is InChI=1S/C10H15N/c1-4-10(2)7-5-9(11-3)6-8-10/h4-7,11H,1,8H2,2-3H3. The number of hydrogen-bond acceptors (Lipinski definition) is 1. The molecule has 60 valence electrons. The Balaban J connectivity index is 2.70. The summed E-state index contributed by atoms with van der Waals surface area (Å²) in [5.74, 6) is 0. The van der Waals surface area contributed by atoms with E-state index in [1.165, 1.54) is 5.70 Å². The van der Waals surface area contributed by atoms with Crippen LogP contribution in [-0.2, 0) is 0 Å². The van der Waals surface area contributed by atoms with E-state index in [1.54, 1.807) is 0 Å². The maximum atomic E-state index is 3.81. The largest absolute Gasteiger partial charge is 0.388 e. The predicted molar refractivity (Wildman–Crippen MR) is 49.2 cm³/mol. The Morgan fingerprint density at radius 1 is 1.73 bits per heavy atom. The Labute approximate surface area is 68.5 Å². The van der Waals surface area contributed by atoms with Crippen LogP contribution in [0.2, 0.25) is 0 Å². The van der Waals surface area contributed by atoms with E-state index >= 15 is 0 Å². The zero-order chi connectivity index (χ0) is 8.32. The minimum atomic E-state index is 0.167. The Bertz CT molecular complexity index is 213. The van der Waals surface area contributed by atoms with E-state index in [1.807, 2.05) is 13.1 Å². The van der Waals surface area contributed by atoms with Crippen molar-refractivity contribution < 1.29 is 0 Å². The van der Waals surface area contributed by atoms with Crippen LogP contribution in [0.15, 0.2) is 36.6 Å². The molecule has 1 aliphatic rings. The zero-order valence-electron chi connectivity index (χ0n) is 7.22. The first-order valence-corrected chi connectivity index (χ1v) is 3.91. The number of rotatable bonds is 2. The molecule has 0 fully saturated rings. The van der Waals surface area contributed by atoms with Crippen LogP contribution in [0.25, 0.3) is 0 Å². The Morgan fingerprint density at radius 2 is 2.45 bits per heavy atom.